The van der Waals surface area contributed by atoms with E-state index in [1.54, 1.807) is 10.9 Å². The fourth-order valence-corrected chi connectivity index (χ4v) is 3.54. The van der Waals surface area contributed by atoms with Crippen molar-refractivity contribution in [2.24, 2.45) is 0 Å². The van der Waals surface area contributed by atoms with E-state index in [2.05, 4.69) is 15.3 Å². The van der Waals surface area contributed by atoms with Gasteiger partial charge >= 0.3 is 0 Å². The fraction of sp³-hybridized carbons (Fsp3) is 0.261. The largest absolute Gasteiger partial charge is 0.340 e. The Morgan fingerprint density at radius 3 is 2.27 bits per heavy atom. The molecule has 0 radical (unpaired) electrons. The van der Waals surface area contributed by atoms with E-state index in [0.717, 1.165) is 16.9 Å². The van der Waals surface area contributed by atoms with Crippen LogP contribution in [0.5, 0.6) is 0 Å². The van der Waals surface area contributed by atoms with Crippen molar-refractivity contribution in [1.82, 2.24) is 19.6 Å². The second-order valence-electron chi connectivity index (χ2n) is 7.38. The number of carbonyl (C=O) groups excluding carboxylic acids is 2. The summed E-state index contributed by atoms with van der Waals surface area (Å²) in [6, 6.07) is 19.3. The van der Waals surface area contributed by atoms with Gasteiger partial charge < -0.3 is 10.2 Å². The first kappa shape index (κ1) is 19.8. The van der Waals surface area contributed by atoms with Crippen LogP contribution in [-0.2, 0) is 16.0 Å². The number of carbonyl (C=O) groups is 2. The zero-order valence-corrected chi connectivity index (χ0v) is 16.8. The maximum atomic E-state index is 12.7. The molecule has 2 heterocycles. The third-order valence-corrected chi connectivity index (χ3v) is 5.16. The second-order valence-corrected chi connectivity index (χ2v) is 7.38. The Morgan fingerprint density at radius 1 is 0.900 bits per heavy atom. The van der Waals surface area contributed by atoms with Crippen LogP contribution >= 0.6 is 0 Å². The highest BCUT2D eigenvalue weighted by Crippen LogP contribution is 2.11. The van der Waals surface area contributed by atoms with E-state index >= 15 is 0 Å². The summed E-state index contributed by atoms with van der Waals surface area (Å²) in [4.78, 5) is 28.8. The van der Waals surface area contributed by atoms with Gasteiger partial charge in [0.2, 0.25) is 11.8 Å². The normalized spacial score (nSPS) is 14.5. The summed E-state index contributed by atoms with van der Waals surface area (Å²) in [5.74, 6) is 0.0605. The number of nitrogens with one attached hydrogen (secondary N) is 1. The van der Waals surface area contributed by atoms with Crippen LogP contribution in [0, 0.1) is 0 Å². The van der Waals surface area contributed by atoms with E-state index in [1.165, 1.54) is 0 Å². The zero-order chi connectivity index (χ0) is 20.8. The number of para-hydroxylation sites is 2. The fourth-order valence-electron chi connectivity index (χ4n) is 3.54. The number of rotatable bonds is 6. The van der Waals surface area contributed by atoms with E-state index < -0.39 is 0 Å². The van der Waals surface area contributed by atoms with Crippen molar-refractivity contribution in [1.29, 1.82) is 0 Å². The topological polar surface area (TPSA) is 70.5 Å². The van der Waals surface area contributed by atoms with Crippen molar-refractivity contribution < 1.29 is 9.59 Å². The Bertz CT molecular complexity index is 979. The number of aromatic nitrogens is 2. The van der Waals surface area contributed by atoms with Crippen LogP contribution in [0.3, 0.4) is 0 Å². The molecule has 30 heavy (non-hydrogen) atoms. The molecule has 1 fully saturated rings. The first-order valence-electron chi connectivity index (χ1n) is 10.1. The standard InChI is InChI=1S/C23H25N5O2/c29-22(25-20-7-3-1-4-8-20)18-26-11-13-27(14-12-26)23(30)15-19-16-24-28(17-19)21-9-5-2-6-10-21/h1-10,16-17H,11-15,18H2,(H,25,29). The smallest absolute Gasteiger partial charge is 0.238 e. The number of hydrogen-bond donors (Lipinski definition) is 1. The average molecular weight is 403 g/mol. The van der Waals surface area contributed by atoms with Crippen LogP contribution in [-0.4, -0.2) is 64.1 Å². The Hall–Kier alpha value is -3.45. The van der Waals surface area contributed by atoms with Crippen molar-refractivity contribution in [2.45, 2.75) is 6.42 Å². The van der Waals surface area contributed by atoms with Crippen LogP contribution in [0.1, 0.15) is 5.56 Å². The molecule has 4 rings (SSSR count). The van der Waals surface area contributed by atoms with Gasteiger partial charge in [-0.25, -0.2) is 4.68 Å². The number of benzene rings is 2. The van der Waals surface area contributed by atoms with Crippen molar-refractivity contribution in [3.05, 3.63) is 78.6 Å². The van der Waals surface area contributed by atoms with Gasteiger partial charge in [-0.1, -0.05) is 36.4 Å². The number of piperazine rings is 1. The molecule has 2 aromatic carbocycles. The monoisotopic (exact) mass is 403 g/mol. The molecule has 7 heteroatoms. The third-order valence-electron chi connectivity index (χ3n) is 5.16. The SMILES string of the molecule is O=C(CN1CCN(C(=O)Cc2cnn(-c3ccccc3)c2)CC1)Nc1ccccc1. The highest BCUT2D eigenvalue weighted by Gasteiger charge is 2.23. The molecule has 1 saturated heterocycles. The predicted molar refractivity (Wildman–Crippen MR) is 115 cm³/mol. The Labute approximate surface area is 175 Å². The molecule has 0 saturated carbocycles. The quantitative estimate of drug-likeness (QED) is 0.685. The summed E-state index contributed by atoms with van der Waals surface area (Å²) in [5.41, 5.74) is 2.67. The van der Waals surface area contributed by atoms with Crippen LogP contribution < -0.4 is 5.32 Å². The van der Waals surface area contributed by atoms with Crippen LogP contribution in [0.4, 0.5) is 5.69 Å². The summed E-state index contributed by atoms with van der Waals surface area (Å²) in [7, 11) is 0. The minimum atomic E-state index is -0.0331. The third kappa shape index (κ3) is 5.12. The molecule has 3 aromatic rings. The van der Waals surface area contributed by atoms with E-state index in [9.17, 15) is 9.59 Å². The van der Waals surface area contributed by atoms with Gasteiger partial charge in [0.05, 0.1) is 24.8 Å². The van der Waals surface area contributed by atoms with Crippen molar-refractivity contribution >= 4 is 17.5 Å². The number of hydrogen-bond acceptors (Lipinski definition) is 4. The lowest BCUT2D eigenvalue weighted by Crippen LogP contribution is -2.50. The number of amides is 2. The molecule has 1 aromatic heterocycles. The highest BCUT2D eigenvalue weighted by molar-refractivity contribution is 5.92. The van der Waals surface area contributed by atoms with Gasteiger partial charge in [0.25, 0.3) is 0 Å². The van der Waals surface area contributed by atoms with E-state index in [-0.39, 0.29) is 11.8 Å². The maximum Gasteiger partial charge on any atom is 0.238 e. The van der Waals surface area contributed by atoms with Gasteiger partial charge in [0, 0.05) is 38.1 Å². The molecule has 0 spiro atoms. The first-order valence-corrected chi connectivity index (χ1v) is 10.1. The van der Waals surface area contributed by atoms with Gasteiger partial charge in [0.1, 0.15) is 0 Å². The summed E-state index contributed by atoms with van der Waals surface area (Å²) in [6.45, 7) is 2.98. The van der Waals surface area contributed by atoms with Gasteiger partial charge in [-0.15, -0.1) is 0 Å². The van der Waals surface area contributed by atoms with Gasteiger partial charge in [0.15, 0.2) is 0 Å². The maximum absolute atomic E-state index is 12.7. The van der Waals surface area contributed by atoms with E-state index in [1.807, 2.05) is 71.8 Å². The Kier molecular flexibility index (Phi) is 6.20. The van der Waals surface area contributed by atoms with Crippen molar-refractivity contribution in [3.8, 4) is 5.69 Å². The average Bonchev–Trinajstić information content (AvgIpc) is 3.24. The molecule has 0 unspecified atom stereocenters. The van der Waals surface area contributed by atoms with Crippen molar-refractivity contribution in [3.63, 3.8) is 0 Å². The number of nitrogens with zero attached hydrogens (tertiary/aromatic N) is 4. The summed E-state index contributed by atoms with van der Waals surface area (Å²) in [5, 5.41) is 7.26. The predicted octanol–water partition coefficient (Wildman–Crippen LogP) is 2.20. The first-order chi connectivity index (χ1) is 14.7. The van der Waals surface area contributed by atoms with Crippen molar-refractivity contribution in [2.75, 3.05) is 38.0 Å². The molecule has 154 valence electrons. The lowest BCUT2D eigenvalue weighted by molar-refractivity contribution is -0.132. The summed E-state index contributed by atoms with van der Waals surface area (Å²) >= 11 is 0. The molecule has 0 aliphatic carbocycles. The van der Waals surface area contributed by atoms with Gasteiger partial charge in [-0.2, -0.15) is 5.10 Å². The lowest BCUT2D eigenvalue weighted by atomic mass is 10.2. The molecule has 1 aliphatic rings. The van der Waals surface area contributed by atoms with E-state index in [4.69, 9.17) is 0 Å². The van der Waals surface area contributed by atoms with Crippen LogP contribution in [0.25, 0.3) is 5.69 Å². The van der Waals surface area contributed by atoms with Crippen LogP contribution in [0.2, 0.25) is 0 Å². The summed E-state index contributed by atoms with van der Waals surface area (Å²) < 4.78 is 1.78. The minimum absolute atomic E-state index is 0.0331. The van der Waals surface area contributed by atoms with E-state index in [0.29, 0.717) is 39.1 Å². The van der Waals surface area contributed by atoms with Gasteiger partial charge in [-0.05, 0) is 29.8 Å². The molecule has 0 atom stereocenters. The molecular formula is C23H25N5O2. The molecule has 2 amide bonds. The van der Waals surface area contributed by atoms with Gasteiger partial charge in [-0.3, -0.25) is 14.5 Å². The molecule has 0 bridgehead atoms. The molecular weight excluding hydrogens is 378 g/mol. The molecule has 7 nitrogen and oxygen atoms in total. The Morgan fingerprint density at radius 2 is 1.57 bits per heavy atom. The molecule has 1 aliphatic heterocycles. The lowest BCUT2D eigenvalue weighted by Gasteiger charge is -2.34. The molecule has 1 N–H and O–H groups in total. The number of anilines is 1. The Balaban J connectivity index is 1.24. The second kappa shape index (κ2) is 9.37. The highest BCUT2D eigenvalue weighted by atomic mass is 16.2. The summed E-state index contributed by atoms with van der Waals surface area (Å²) in [6.07, 6.45) is 3.98. The zero-order valence-electron chi connectivity index (χ0n) is 16.8. The van der Waals surface area contributed by atoms with Crippen LogP contribution in [0.15, 0.2) is 73.1 Å². The minimum Gasteiger partial charge on any atom is -0.340 e.